The van der Waals surface area contributed by atoms with Crippen LogP contribution in [0.1, 0.15) is 0 Å². The summed E-state index contributed by atoms with van der Waals surface area (Å²) in [7, 11) is 0. The summed E-state index contributed by atoms with van der Waals surface area (Å²) in [5.41, 5.74) is 0. The minimum atomic E-state index is 0.766. The van der Waals surface area contributed by atoms with Crippen molar-refractivity contribution in [2.75, 3.05) is 0 Å². The van der Waals surface area contributed by atoms with Crippen molar-refractivity contribution in [3.8, 4) is 0 Å². The summed E-state index contributed by atoms with van der Waals surface area (Å²) in [6, 6.07) is 5.60. The van der Waals surface area contributed by atoms with E-state index in [9.17, 15) is 0 Å². The number of nitrogens with zero attached hydrogens (tertiary/aromatic N) is 1. The van der Waals surface area contributed by atoms with Crippen molar-refractivity contribution < 1.29 is 19.8 Å². The van der Waals surface area contributed by atoms with Crippen LogP contribution in [0, 0.1) is 0 Å². The van der Waals surface area contributed by atoms with Gasteiger partial charge in [-0.05, 0) is 12.1 Å². The fraction of sp³-hybridized carbons (Fsp3) is 0. The molecule has 0 aliphatic heterocycles. The number of rotatable bonds is 0. The molecule has 53 valence electrons. The Balaban J connectivity index is 0.000000291. The zero-order valence-corrected chi connectivity index (χ0v) is 6.25. The summed E-state index contributed by atoms with van der Waals surface area (Å²) in [6.07, 6.45) is 1.71. The van der Waals surface area contributed by atoms with E-state index >= 15 is 0 Å². The van der Waals surface area contributed by atoms with E-state index in [2.05, 4.69) is 33.6 Å². The Kier molecular flexibility index (Phi) is 5.83. The molecule has 0 bridgehead atoms. The summed E-state index contributed by atoms with van der Waals surface area (Å²) in [5, 5.41) is 0.766. The molecule has 1 rings (SSSR count). The maximum atomic E-state index is 7.81. The molecule has 1 aromatic heterocycles. The Morgan fingerprint density at radius 3 is 2.33 bits per heavy atom. The average molecular weight is 191 g/mol. The van der Waals surface area contributed by atoms with Gasteiger partial charge in [-0.1, -0.05) is 6.07 Å². The Labute approximate surface area is 67.1 Å². The molecular weight excluding hydrogens is 186 g/mol. The van der Waals surface area contributed by atoms with Crippen LogP contribution in [0.15, 0.2) is 29.4 Å². The second-order valence-electron chi connectivity index (χ2n) is 1.19. The third-order valence-electron chi connectivity index (χ3n) is 0.649. The predicted octanol–water partition coefficient (Wildman–Crippen LogP) is 1.25. The molecule has 1 heterocycles. The Bertz CT molecular complexity index is 158. The standard InChI is InChI=1S/C5H5NS.Cu.O/c7-5-3-1-2-4-6-5;;/h1-4H,(H,6,7);;. The molecule has 0 unspecified atom stereocenters. The topological polar surface area (TPSA) is 30.0 Å². The van der Waals surface area contributed by atoms with Crippen molar-refractivity contribution in [1.29, 1.82) is 0 Å². The Hall–Kier alpha value is -0.181. The number of hydrogen-bond acceptors (Lipinski definition) is 3. The molecule has 9 heavy (non-hydrogen) atoms. The first-order valence-electron chi connectivity index (χ1n) is 2.12. The summed E-state index contributed by atoms with van der Waals surface area (Å²) in [5.74, 6) is 0. The van der Waals surface area contributed by atoms with Crippen LogP contribution in [0.5, 0.6) is 0 Å². The molecule has 0 atom stereocenters. The second-order valence-corrected chi connectivity index (χ2v) is 1.65. The molecule has 0 aliphatic carbocycles. The van der Waals surface area contributed by atoms with Crippen molar-refractivity contribution in [3.63, 3.8) is 0 Å². The van der Waals surface area contributed by atoms with Gasteiger partial charge < -0.3 is 0 Å². The van der Waals surface area contributed by atoms with Crippen LogP contribution in [0.3, 0.4) is 0 Å². The fourth-order valence-electron chi connectivity index (χ4n) is 0.354. The first-order valence-corrected chi connectivity index (χ1v) is 2.95. The summed E-state index contributed by atoms with van der Waals surface area (Å²) < 4.78 is 7.81. The van der Waals surface area contributed by atoms with E-state index in [-0.39, 0.29) is 0 Å². The second kappa shape index (κ2) is 5.95. The number of thiol groups is 1. The van der Waals surface area contributed by atoms with Gasteiger partial charge in [-0.2, -0.15) is 0 Å². The molecule has 0 N–H and O–H groups in total. The van der Waals surface area contributed by atoms with Crippen LogP contribution in [0.2, 0.25) is 0 Å². The molecule has 0 saturated heterocycles. The van der Waals surface area contributed by atoms with Gasteiger partial charge in [0.1, 0.15) is 0 Å². The third-order valence-corrected chi connectivity index (χ3v) is 0.914. The van der Waals surface area contributed by atoms with Crippen LogP contribution in [0.25, 0.3) is 0 Å². The fourth-order valence-corrected chi connectivity index (χ4v) is 0.506. The number of aromatic nitrogens is 1. The van der Waals surface area contributed by atoms with Crippen molar-refractivity contribution in [3.05, 3.63) is 24.4 Å². The van der Waals surface area contributed by atoms with Crippen molar-refractivity contribution >= 4 is 12.6 Å². The molecule has 0 fully saturated rings. The first kappa shape index (κ1) is 8.82. The van der Waals surface area contributed by atoms with Crippen molar-refractivity contribution in [1.82, 2.24) is 4.98 Å². The monoisotopic (exact) mass is 190 g/mol. The molecule has 0 amide bonds. The zero-order valence-electron chi connectivity index (χ0n) is 4.41. The summed E-state index contributed by atoms with van der Waals surface area (Å²) >= 11 is 6.91. The summed E-state index contributed by atoms with van der Waals surface area (Å²) in [6.45, 7) is 0. The average Bonchev–Trinajstić information content (AvgIpc) is 1.94. The third kappa shape index (κ3) is 4.33. The molecule has 1 aromatic rings. The van der Waals surface area contributed by atoms with Gasteiger partial charge in [0.25, 0.3) is 0 Å². The van der Waals surface area contributed by atoms with Gasteiger partial charge in [0.15, 0.2) is 0 Å². The van der Waals surface area contributed by atoms with Gasteiger partial charge in [0, 0.05) is 6.20 Å². The SMILES string of the molecule is Sc1ccccn1.[O]=[Cu]. The van der Waals surface area contributed by atoms with Gasteiger partial charge in [0.05, 0.1) is 5.03 Å². The van der Waals surface area contributed by atoms with Gasteiger partial charge in [0.2, 0.25) is 0 Å². The van der Waals surface area contributed by atoms with Gasteiger partial charge >= 0.3 is 19.8 Å². The van der Waals surface area contributed by atoms with Gasteiger partial charge in [-0.15, -0.1) is 12.6 Å². The zero-order chi connectivity index (χ0) is 7.11. The molecule has 0 spiro atoms. The molecule has 2 nitrogen and oxygen atoms in total. The Morgan fingerprint density at radius 2 is 2.11 bits per heavy atom. The molecule has 0 aliphatic rings. The minimum absolute atomic E-state index is 0.766. The predicted molar refractivity (Wildman–Crippen MR) is 32.2 cm³/mol. The van der Waals surface area contributed by atoms with Gasteiger partial charge in [-0.25, -0.2) is 0 Å². The first-order chi connectivity index (χ1) is 4.39. The number of pyridine rings is 1. The van der Waals surface area contributed by atoms with Crippen LogP contribution < -0.4 is 0 Å². The Morgan fingerprint density at radius 1 is 1.44 bits per heavy atom. The van der Waals surface area contributed by atoms with Crippen LogP contribution in [-0.4, -0.2) is 4.98 Å². The van der Waals surface area contributed by atoms with Crippen LogP contribution in [0.4, 0.5) is 0 Å². The van der Waals surface area contributed by atoms with E-state index in [4.69, 9.17) is 3.83 Å². The van der Waals surface area contributed by atoms with E-state index in [1.807, 2.05) is 18.2 Å². The molecule has 0 aromatic carbocycles. The molecule has 0 saturated carbocycles. The van der Waals surface area contributed by atoms with E-state index < -0.39 is 0 Å². The van der Waals surface area contributed by atoms with Gasteiger partial charge in [-0.3, -0.25) is 4.98 Å². The van der Waals surface area contributed by atoms with Crippen molar-refractivity contribution in [2.24, 2.45) is 0 Å². The number of hydrogen-bond donors (Lipinski definition) is 1. The quantitative estimate of drug-likeness (QED) is 0.493. The van der Waals surface area contributed by atoms with E-state index in [0.29, 0.717) is 0 Å². The van der Waals surface area contributed by atoms with E-state index in [0.717, 1.165) is 5.03 Å². The summed E-state index contributed by atoms with van der Waals surface area (Å²) in [4.78, 5) is 3.84. The maximum absolute atomic E-state index is 7.81. The molecule has 0 radical (unpaired) electrons. The van der Waals surface area contributed by atoms with Crippen molar-refractivity contribution in [2.45, 2.75) is 5.03 Å². The molecular formula is C5H5CuNOS. The van der Waals surface area contributed by atoms with Crippen LogP contribution >= 0.6 is 12.6 Å². The van der Waals surface area contributed by atoms with Crippen LogP contribution in [-0.2, 0) is 19.8 Å². The van der Waals surface area contributed by atoms with E-state index in [1.54, 1.807) is 6.20 Å². The van der Waals surface area contributed by atoms with E-state index in [1.165, 1.54) is 0 Å². The normalized spacial score (nSPS) is 7.44. The molecule has 4 heteroatoms.